The van der Waals surface area contributed by atoms with Gasteiger partial charge >= 0.3 is 0 Å². The number of rotatable bonds is 3. The molecular weight excluding hydrogens is 209 g/mol. The van der Waals surface area contributed by atoms with Crippen molar-refractivity contribution in [3.8, 4) is 5.75 Å². The molecule has 0 aliphatic carbocycles. The lowest BCUT2D eigenvalue weighted by atomic mass is 10.3. The SMILES string of the molecule is Nc1cccc(OCC(Cl)=CCl)c1. The third-order valence-electron chi connectivity index (χ3n) is 1.35. The molecule has 4 heteroatoms. The topological polar surface area (TPSA) is 35.2 Å². The maximum atomic E-state index is 5.63. The normalized spacial score (nSPS) is 11.4. The van der Waals surface area contributed by atoms with Gasteiger partial charge in [0.05, 0.1) is 5.03 Å². The standard InChI is InChI=1S/C9H9Cl2NO/c10-5-7(11)6-13-9-3-1-2-8(12)4-9/h1-5H,6,12H2. The summed E-state index contributed by atoms with van der Waals surface area (Å²) in [6.07, 6.45) is 0. The number of nitrogen functional groups attached to an aromatic ring is 1. The molecule has 0 aromatic heterocycles. The predicted molar refractivity (Wildman–Crippen MR) is 56.1 cm³/mol. The van der Waals surface area contributed by atoms with E-state index in [0.717, 1.165) is 0 Å². The zero-order valence-corrected chi connectivity index (χ0v) is 8.35. The van der Waals surface area contributed by atoms with Crippen LogP contribution in [0.3, 0.4) is 0 Å². The van der Waals surface area contributed by atoms with Gasteiger partial charge in [-0.25, -0.2) is 0 Å². The summed E-state index contributed by atoms with van der Waals surface area (Å²) in [5.41, 5.74) is 7.47. The molecule has 1 rings (SSSR count). The van der Waals surface area contributed by atoms with Gasteiger partial charge in [0, 0.05) is 17.3 Å². The number of anilines is 1. The van der Waals surface area contributed by atoms with Gasteiger partial charge in [0.15, 0.2) is 0 Å². The van der Waals surface area contributed by atoms with Gasteiger partial charge in [0.2, 0.25) is 0 Å². The first-order valence-electron chi connectivity index (χ1n) is 3.65. The summed E-state index contributed by atoms with van der Waals surface area (Å²) in [7, 11) is 0. The minimum atomic E-state index is 0.258. The minimum Gasteiger partial charge on any atom is -0.488 e. The Labute approximate surface area is 86.9 Å². The van der Waals surface area contributed by atoms with Crippen LogP contribution in [0.2, 0.25) is 0 Å². The molecule has 0 bridgehead atoms. The van der Waals surface area contributed by atoms with Gasteiger partial charge in [-0.1, -0.05) is 29.3 Å². The van der Waals surface area contributed by atoms with Crippen LogP contribution in [0.15, 0.2) is 34.8 Å². The molecule has 0 aliphatic heterocycles. The monoisotopic (exact) mass is 217 g/mol. The van der Waals surface area contributed by atoms with Crippen LogP contribution in [0.5, 0.6) is 5.75 Å². The summed E-state index contributed by atoms with van der Waals surface area (Å²) >= 11 is 11.0. The van der Waals surface area contributed by atoms with Gasteiger partial charge in [-0.3, -0.25) is 0 Å². The molecule has 0 spiro atoms. The number of benzene rings is 1. The van der Waals surface area contributed by atoms with Crippen LogP contribution in [0.25, 0.3) is 0 Å². The van der Waals surface area contributed by atoms with Crippen molar-refractivity contribution >= 4 is 28.9 Å². The average Bonchev–Trinajstić information content (AvgIpc) is 2.14. The van der Waals surface area contributed by atoms with Crippen molar-refractivity contribution in [1.29, 1.82) is 0 Å². The number of hydrogen-bond acceptors (Lipinski definition) is 2. The number of nitrogens with two attached hydrogens (primary N) is 1. The van der Waals surface area contributed by atoms with Gasteiger partial charge in [-0.15, -0.1) is 0 Å². The van der Waals surface area contributed by atoms with Crippen LogP contribution >= 0.6 is 23.2 Å². The van der Waals surface area contributed by atoms with Crippen LogP contribution in [-0.4, -0.2) is 6.61 Å². The van der Waals surface area contributed by atoms with Crippen LogP contribution in [0.4, 0.5) is 5.69 Å². The van der Waals surface area contributed by atoms with Gasteiger partial charge in [0.25, 0.3) is 0 Å². The van der Waals surface area contributed by atoms with E-state index in [9.17, 15) is 0 Å². The van der Waals surface area contributed by atoms with Crippen molar-refractivity contribution < 1.29 is 4.74 Å². The summed E-state index contributed by atoms with van der Waals surface area (Å²) in [4.78, 5) is 0. The Morgan fingerprint density at radius 2 is 2.31 bits per heavy atom. The van der Waals surface area contributed by atoms with Crippen molar-refractivity contribution in [3.05, 3.63) is 34.8 Å². The van der Waals surface area contributed by atoms with Crippen molar-refractivity contribution in [3.63, 3.8) is 0 Å². The quantitative estimate of drug-likeness (QED) is 0.791. The summed E-state index contributed by atoms with van der Waals surface area (Å²) in [5.74, 6) is 0.677. The molecular formula is C9H9Cl2NO. The largest absolute Gasteiger partial charge is 0.488 e. The number of hydrogen-bond donors (Lipinski definition) is 1. The molecule has 0 aliphatic rings. The van der Waals surface area contributed by atoms with E-state index in [-0.39, 0.29) is 6.61 Å². The fraction of sp³-hybridized carbons (Fsp3) is 0.111. The number of halogens is 2. The summed E-state index contributed by atoms with van der Waals surface area (Å²) in [6, 6.07) is 7.11. The van der Waals surface area contributed by atoms with Gasteiger partial charge in [0.1, 0.15) is 12.4 Å². The second kappa shape index (κ2) is 5.00. The Hall–Kier alpha value is -0.860. The van der Waals surface area contributed by atoms with Crippen LogP contribution in [-0.2, 0) is 0 Å². The molecule has 0 atom stereocenters. The van der Waals surface area contributed by atoms with E-state index >= 15 is 0 Å². The van der Waals surface area contributed by atoms with E-state index < -0.39 is 0 Å². The van der Waals surface area contributed by atoms with Crippen molar-refractivity contribution in [2.75, 3.05) is 12.3 Å². The zero-order valence-electron chi connectivity index (χ0n) is 6.84. The minimum absolute atomic E-state index is 0.258. The highest BCUT2D eigenvalue weighted by Gasteiger charge is 1.95. The Morgan fingerprint density at radius 3 is 2.92 bits per heavy atom. The molecule has 1 aromatic carbocycles. The second-order valence-corrected chi connectivity index (χ2v) is 3.12. The van der Waals surface area contributed by atoms with E-state index in [0.29, 0.717) is 16.5 Å². The van der Waals surface area contributed by atoms with E-state index in [1.165, 1.54) is 5.54 Å². The smallest absolute Gasteiger partial charge is 0.125 e. The molecule has 1 aromatic rings. The summed E-state index contributed by atoms with van der Waals surface area (Å²) < 4.78 is 5.27. The molecule has 2 nitrogen and oxygen atoms in total. The Morgan fingerprint density at radius 1 is 1.54 bits per heavy atom. The average molecular weight is 218 g/mol. The first kappa shape index (κ1) is 10.2. The molecule has 13 heavy (non-hydrogen) atoms. The highest BCUT2D eigenvalue weighted by atomic mass is 35.5. The van der Waals surface area contributed by atoms with Crippen LogP contribution in [0.1, 0.15) is 0 Å². The van der Waals surface area contributed by atoms with Gasteiger partial charge in [-0.05, 0) is 12.1 Å². The van der Waals surface area contributed by atoms with E-state index in [4.69, 9.17) is 33.7 Å². The van der Waals surface area contributed by atoms with Crippen molar-refractivity contribution in [2.24, 2.45) is 0 Å². The molecule has 0 unspecified atom stereocenters. The maximum Gasteiger partial charge on any atom is 0.125 e. The number of ether oxygens (including phenoxy) is 1. The molecule has 0 fully saturated rings. The highest BCUT2D eigenvalue weighted by molar-refractivity contribution is 6.36. The first-order chi connectivity index (χ1) is 6.22. The van der Waals surface area contributed by atoms with Crippen LogP contribution in [0, 0.1) is 0 Å². The fourth-order valence-corrected chi connectivity index (χ4v) is 0.906. The Bertz CT molecular complexity index is 312. The lowest BCUT2D eigenvalue weighted by Gasteiger charge is -2.04. The maximum absolute atomic E-state index is 5.63. The Kier molecular flexibility index (Phi) is 3.93. The molecule has 0 saturated carbocycles. The lowest BCUT2D eigenvalue weighted by Crippen LogP contribution is -1.97. The van der Waals surface area contributed by atoms with Gasteiger partial charge < -0.3 is 10.5 Å². The summed E-state index contributed by atoms with van der Waals surface area (Å²) in [6.45, 7) is 0.258. The molecule has 0 heterocycles. The molecule has 70 valence electrons. The lowest BCUT2D eigenvalue weighted by molar-refractivity contribution is 0.359. The third-order valence-corrected chi connectivity index (χ3v) is 1.95. The molecule has 2 N–H and O–H groups in total. The first-order valence-corrected chi connectivity index (χ1v) is 4.47. The fourth-order valence-electron chi connectivity index (χ4n) is 0.788. The van der Waals surface area contributed by atoms with Gasteiger partial charge in [-0.2, -0.15) is 0 Å². The Balaban J connectivity index is 2.55. The van der Waals surface area contributed by atoms with Crippen molar-refractivity contribution in [1.82, 2.24) is 0 Å². The highest BCUT2D eigenvalue weighted by Crippen LogP contribution is 2.16. The van der Waals surface area contributed by atoms with E-state index in [2.05, 4.69) is 0 Å². The van der Waals surface area contributed by atoms with Crippen molar-refractivity contribution in [2.45, 2.75) is 0 Å². The van der Waals surface area contributed by atoms with E-state index in [1.54, 1.807) is 18.2 Å². The third kappa shape index (κ3) is 3.57. The zero-order chi connectivity index (χ0) is 9.68. The van der Waals surface area contributed by atoms with E-state index in [1.807, 2.05) is 6.07 Å². The predicted octanol–water partition coefficient (Wildman–Crippen LogP) is 2.97. The summed E-state index contributed by atoms with van der Waals surface area (Å²) in [5, 5.41) is 0.448. The second-order valence-electron chi connectivity index (χ2n) is 2.42. The molecule has 0 radical (unpaired) electrons. The molecule has 0 saturated heterocycles. The van der Waals surface area contributed by atoms with Crippen LogP contribution < -0.4 is 10.5 Å². The molecule has 0 amide bonds.